The maximum atomic E-state index is 12.7. The van der Waals surface area contributed by atoms with E-state index in [1.807, 2.05) is 6.20 Å². The Labute approximate surface area is 132 Å². The lowest BCUT2D eigenvalue weighted by Gasteiger charge is -2.39. The van der Waals surface area contributed by atoms with E-state index in [4.69, 9.17) is 0 Å². The number of aromatic nitrogens is 2. The molecule has 2 unspecified atom stereocenters. The van der Waals surface area contributed by atoms with Crippen molar-refractivity contribution in [3.63, 3.8) is 0 Å². The Bertz CT molecular complexity index is 535. The van der Waals surface area contributed by atoms with Crippen LogP contribution < -0.4 is 5.32 Å². The summed E-state index contributed by atoms with van der Waals surface area (Å²) < 4.78 is 2.12. The number of urea groups is 1. The topological polar surface area (TPSA) is 50.2 Å². The summed E-state index contributed by atoms with van der Waals surface area (Å²) in [5.41, 5.74) is 1.22. The van der Waals surface area contributed by atoms with Gasteiger partial charge in [-0.2, -0.15) is 5.10 Å². The maximum Gasteiger partial charge on any atom is 0.318 e. The number of carbonyl (C=O) groups excluding carboxylic acids is 1. The highest BCUT2D eigenvalue weighted by Crippen LogP contribution is 2.40. The molecule has 22 heavy (non-hydrogen) atoms. The van der Waals surface area contributed by atoms with Crippen molar-refractivity contribution in [2.75, 3.05) is 0 Å². The quantitative estimate of drug-likeness (QED) is 0.913. The number of aryl methyl sites for hydroxylation is 1. The van der Waals surface area contributed by atoms with Gasteiger partial charge in [0.05, 0.1) is 12.2 Å². The van der Waals surface area contributed by atoms with Crippen LogP contribution in [0.25, 0.3) is 0 Å². The first-order valence-corrected chi connectivity index (χ1v) is 8.80. The normalized spacial score (nSPS) is 31.7. The Morgan fingerprint density at radius 2 is 1.82 bits per heavy atom. The van der Waals surface area contributed by atoms with Crippen molar-refractivity contribution < 1.29 is 4.79 Å². The van der Waals surface area contributed by atoms with Crippen molar-refractivity contribution in [1.82, 2.24) is 20.0 Å². The SMILES string of the molecule is Cc1cnn(C2CC3CCC(C2)N3C(=O)NC2CCCC2)c1. The Morgan fingerprint density at radius 1 is 1.14 bits per heavy atom. The molecule has 4 rings (SSSR count). The van der Waals surface area contributed by atoms with Gasteiger partial charge in [0.2, 0.25) is 0 Å². The Kier molecular flexibility index (Phi) is 3.59. The van der Waals surface area contributed by atoms with E-state index in [1.165, 1.54) is 18.4 Å². The second-order valence-electron chi connectivity index (χ2n) is 7.35. The highest BCUT2D eigenvalue weighted by molar-refractivity contribution is 5.75. The fourth-order valence-corrected chi connectivity index (χ4v) is 4.65. The number of rotatable bonds is 2. The molecule has 5 heteroatoms. The van der Waals surface area contributed by atoms with E-state index in [0.29, 0.717) is 24.2 Å². The summed E-state index contributed by atoms with van der Waals surface area (Å²) in [7, 11) is 0. The zero-order valence-electron chi connectivity index (χ0n) is 13.4. The summed E-state index contributed by atoms with van der Waals surface area (Å²) in [5.74, 6) is 0. The summed E-state index contributed by atoms with van der Waals surface area (Å²) in [4.78, 5) is 14.8. The van der Waals surface area contributed by atoms with E-state index in [0.717, 1.165) is 38.5 Å². The van der Waals surface area contributed by atoms with E-state index < -0.39 is 0 Å². The van der Waals surface area contributed by atoms with Crippen LogP contribution in [-0.2, 0) is 0 Å². The Morgan fingerprint density at radius 3 is 2.41 bits per heavy atom. The first-order valence-electron chi connectivity index (χ1n) is 8.80. The number of hydrogen-bond donors (Lipinski definition) is 1. The summed E-state index contributed by atoms with van der Waals surface area (Å²) in [5, 5.41) is 7.76. The number of amides is 2. The molecule has 5 nitrogen and oxygen atoms in total. The fraction of sp³-hybridized carbons (Fsp3) is 0.765. The molecule has 120 valence electrons. The molecule has 3 aliphatic rings. The molecular weight excluding hydrogens is 276 g/mol. The monoisotopic (exact) mass is 302 g/mol. The molecule has 2 saturated heterocycles. The molecule has 1 aliphatic carbocycles. The van der Waals surface area contributed by atoms with Gasteiger partial charge in [-0.25, -0.2) is 4.79 Å². The molecule has 1 aromatic heterocycles. The van der Waals surface area contributed by atoms with Crippen LogP contribution in [0.4, 0.5) is 4.79 Å². The molecule has 1 aromatic rings. The minimum atomic E-state index is 0.189. The summed E-state index contributed by atoms with van der Waals surface area (Å²) in [6, 6.07) is 1.86. The second kappa shape index (κ2) is 5.60. The van der Waals surface area contributed by atoms with Crippen LogP contribution in [0.2, 0.25) is 0 Å². The fourth-order valence-electron chi connectivity index (χ4n) is 4.65. The molecule has 0 aromatic carbocycles. The van der Waals surface area contributed by atoms with Gasteiger partial charge in [0.15, 0.2) is 0 Å². The standard InChI is InChI=1S/C17H26N4O/c1-12-10-18-20(11-12)16-8-14-6-7-15(9-16)21(14)17(22)19-13-4-2-3-5-13/h10-11,13-16H,2-9H2,1H3,(H,19,22). The smallest absolute Gasteiger partial charge is 0.318 e. The summed E-state index contributed by atoms with van der Waals surface area (Å²) in [6.45, 7) is 2.09. The molecule has 1 saturated carbocycles. The predicted molar refractivity (Wildman–Crippen MR) is 84.7 cm³/mol. The largest absolute Gasteiger partial charge is 0.335 e. The molecule has 3 heterocycles. The predicted octanol–water partition coefficient (Wildman–Crippen LogP) is 3.01. The molecule has 0 spiro atoms. The molecule has 3 fully saturated rings. The van der Waals surface area contributed by atoms with E-state index >= 15 is 0 Å². The zero-order chi connectivity index (χ0) is 15.1. The van der Waals surface area contributed by atoms with Gasteiger partial charge in [-0.1, -0.05) is 12.8 Å². The van der Waals surface area contributed by atoms with E-state index in [1.54, 1.807) is 0 Å². The number of nitrogens with zero attached hydrogens (tertiary/aromatic N) is 3. The van der Waals surface area contributed by atoms with Crippen LogP contribution >= 0.6 is 0 Å². The van der Waals surface area contributed by atoms with E-state index in [2.05, 4.69) is 33.1 Å². The molecular formula is C17H26N4O. The van der Waals surface area contributed by atoms with Crippen molar-refractivity contribution in [1.29, 1.82) is 0 Å². The molecule has 1 N–H and O–H groups in total. The van der Waals surface area contributed by atoms with Crippen molar-refractivity contribution in [3.05, 3.63) is 18.0 Å². The highest BCUT2D eigenvalue weighted by Gasteiger charge is 2.44. The minimum absolute atomic E-state index is 0.189. The van der Waals surface area contributed by atoms with Gasteiger partial charge in [-0.15, -0.1) is 0 Å². The molecule has 2 amide bonds. The minimum Gasteiger partial charge on any atom is -0.335 e. The Balaban J connectivity index is 1.43. The van der Waals surface area contributed by atoms with Crippen LogP contribution in [0.1, 0.15) is 63.0 Å². The third-order valence-electron chi connectivity index (χ3n) is 5.73. The first-order chi connectivity index (χ1) is 10.7. The van der Waals surface area contributed by atoms with Crippen LogP contribution in [0.15, 0.2) is 12.4 Å². The van der Waals surface area contributed by atoms with Gasteiger partial charge in [-0.3, -0.25) is 4.68 Å². The van der Waals surface area contributed by atoms with Crippen molar-refractivity contribution in [3.8, 4) is 0 Å². The highest BCUT2D eigenvalue weighted by atomic mass is 16.2. The van der Waals surface area contributed by atoms with Gasteiger partial charge in [0.25, 0.3) is 0 Å². The summed E-state index contributed by atoms with van der Waals surface area (Å²) >= 11 is 0. The molecule has 2 aliphatic heterocycles. The lowest BCUT2D eigenvalue weighted by molar-refractivity contribution is 0.118. The number of carbonyl (C=O) groups is 1. The molecule has 2 bridgehead atoms. The van der Waals surface area contributed by atoms with Crippen LogP contribution in [0, 0.1) is 6.92 Å². The van der Waals surface area contributed by atoms with Crippen molar-refractivity contribution in [2.24, 2.45) is 0 Å². The van der Waals surface area contributed by atoms with Crippen LogP contribution in [0.3, 0.4) is 0 Å². The van der Waals surface area contributed by atoms with Gasteiger partial charge in [0, 0.05) is 24.3 Å². The third-order valence-corrected chi connectivity index (χ3v) is 5.73. The average Bonchev–Trinajstić information content (AvgIpc) is 3.20. The lowest BCUT2D eigenvalue weighted by Crippen LogP contribution is -2.52. The number of hydrogen-bond acceptors (Lipinski definition) is 2. The molecule has 2 atom stereocenters. The van der Waals surface area contributed by atoms with E-state index in [9.17, 15) is 4.79 Å². The zero-order valence-corrected chi connectivity index (χ0v) is 13.4. The number of nitrogens with one attached hydrogen (secondary N) is 1. The number of fused-ring (bicyclic) bond motifs is 2. The van der Waals surface area contributed by atoms with Gasteiger partial charge >= 0.3 is 6.03 Å². The van der Waals surface area contributed by atoms with Gasteiger partial charge < -0.3 is 10.2 Å². The second-order valence-corrected chi connectivity index (χ2v) is 7.35. The third kappa shape index (κ3) is 2.50. The lowest BCUT2D eigenvalue weighted by atomic mass is 9.98. The molecule has 0 radical (unpaired) electrons. The number of piperidine rings is 1. The maximum absolute atomic E-state index is 12.7. The van der Waals surface area contributed by atoms with E-state index in [-0.39, 0.29) is 6.03 Å². The van der Waals surface area contributed by atoms with Crippen LogP contribution in [0.5, 0.6) is 0 Å². The van der Waals surface area contributed by atoms with Crippen molar-refractivity contribution in [2.45, 2.75) is 82.5 Å². The van der Waals surface area contributed by atoms with Crippen molar-refractivity contribution >= 4 is 6.03 Å². The summed E-state index contributed by atoms with van der Waals surface area (Å²) in [6.07, 6.45) is 13.3. The van der Waals surface area contributed by atoms with Gasteiger partial charge in [0.1, 0.15) is 0 Å². The average molecular weight is 302 g/mol. The van der Waals surface area contributed by atoms with Crippen LogP contribution in [-0.4, -0.2) is 38.8 Å². The van der Waals surface area contributed by atoms with Gasteiger partial charge in [-0.05, 0) is 51.0 Å². The Hall–Kier alpha value is -1.52. The first kappa shape index (κ1) is 14.1.